The number of hydrogen-bond acceptors (Lipinski definition) is 3. The Hall–Kier alpha value is -0.110. The molecular weight excluding hydrogens is 199 g/mol. The summed E-state index contributed by atoms with van der Waals surface area (Å²) in [6, 6.07) is 0. The topological polar surface area (TPSA) is 35.5 Å². The Morgan fingerprint density at radius 1 is 1.29 bits per heavy atom. The van der Waals surface area contributed by atoms with Crippen LogP contribution in [0, 0.1) is 5.92 Å². The summed E-state index contributed by atoms with van der Waals surface area (Å²) < 4.78 is 22.4. The van der Waals surface area contributed by atoms with E-state index in [1.807, 2.05) is 13.8 Å². The summed E-state index contributed by atoms with van der Waals surface area (Å²) in [7, 11) is -3.06. The molecule has 0 radical (unpaired) electrons. The Balaban J connectivity index is 4.47. The van der Waals surface area contributed by atoms with Gasteiger partial charge in [-0.2, -0.15) is 0 Å². The van der Waals surface area contributed by atoms with E-state index in [0.717, 1.165) is 0 Å². The van der Waals surface area contributed by atoms with Crippen molar-refractivity contribution in [3.63, 3.8) is 0 Å². The second-order valence-electron chi connectivity index (χ2n) is 3.50. The van der Waals surface area contributed by atoms with Gasteiger partial charge in [-0.15, -0.1) is 0 Å². The molecule has 3 nitrogen and oxygen atoms in total. The van der Waals surface area contributed by atoms with E-state index in [-0.39, 0.29) is 0 Å². The molecule has 0 unspecified atom stereocenters. The summed E-state index contributed by atoms with van der Waals surface area (Å²) in [4.78, 5) is 0. The van der Waals surface area contributed by atoms with Crippen molar-refractivity contribution in [2.24, 2.45) is 5.92 Å². The third kappa shape index (κ3) is 4.41. The lowest BCUT2D eigenvalue weighted by Crippen LogP contribution is -2.00. The molecule has 0 saturated carbocycles. The molecule has 14 heavy (non-hydrogen) atoms. The van der Waals surface area contributed by atoms with Gasteiger partial charge in [-0.25, -0.2) is 0 Å². The van der Waals surface area contributed by atoms with Crippen LogP contribution in [0.4, 0.5) is 0 Å². The average molecular weight is 220 g/mol. The molecule has 0 rings (SSSR count). The van der Waals surface area contributed by atoms with Crippen LogP contribution in [0.3, 0.4) is 0 Å². The van der Waals surface area contributed by atoms with Crippen molar-refractivity contribution in [3.8, 4) is 0 Å². The molecule has 4 heteroatoms. The first-order valence-corrected chi connectivity index (χ1v) is 6.58. The lowest BCUT2D eigenvalue weighted by Gasteiger charge is -2.20. The normalized spacial score (nSPS) is 12.1. The maximum atomic E-state index is 12.1. The van der Waals surface area contributed by atoms with Crippen molar-refractivity contribution in [1.29, 1.82) is 0 Å². The Labute approximate surface area is 87.0 Å². The Morgan fingerprint density at radius 2 is 1.71 bits per heavy atom. The molecule has 0 aliphatic rings. The van der Waals surface area contributed by atoms with Gasteiger partial charge in [-0.1, -0.05) is 20.4 Å². The molecule has 0 heterocycles. The largest absolute Gasteiger partial charge is 0.356 e. The first kappa shape index (κ1) is 13.9. The SMILES string of the molecule is C=C(CC(C)C)P(=O)(OCC)OCC. The van der Waals surface area contributed by atoms with Gasteiger partial charge in [0.2, 0.25) is 0 Å². The zero-order valence-corrected chi connectivity index (χ0v) is 10.5. The first-order valence-electron chi connectivity index (χ1n) is 5.03. The molecule has 0 aliphatic heterocycles. The second-order valence-corrected chi connectivity index (χ2v) is 5.64. The third-order valence-corrected chi connectivity index (χ3v) is 3.78. The van der Waals surface area contributed by atoms with Gasteiger partial charge < -0.3 is 9.05 Å². The summed E-state index contributed by atoms with van der Waals surface area (Å²) in [5, 5.41) is 0.580. The zero-order valence-electron chi connectivity index (χ0n) is 9.58. The Kier molecular flexibility index (Phi) is 6.34. The van der Waals surface area contributed by atoms with Gasteiger partial charge in [-0.05, 0) is 26.2 Å². The van der Waals surface area contributed by atoms with E-state index in [0.29, 0.717) is 30.9 Å². The van der Waals surface area contributed by atoms with Crippen molar-refractivity contribution in [2.75, 3.05) is 13.2 Å². The van der Waals surface area contributed by atoms with Gasteiger partial charge in [0, 0.05) is 5.31 Å². The van der Waals surface area contributed by atoms with Crippen molar-refractivity contribution in [2.45, 2.75) is 34.1 Å². The first-order chi connectivity index (χ1) is 6.46. The van der Waals surface area contributed by atoms with Crippen molar-refractivity contribution in [3.05, 3.63) is 11.9 Å². The Morgan fingerprint density at radius 3 is 2.00 bits per heavy atom. The molecule has 0 bridgehead atoms. The van der Waals surface area contributed by atoms with E-state index >= 15 is 0 Å². The monoisotopic (exact) mass is 220 g/mol. The maximum absolute atomic E-state index is 12.1. The highest BCUT2D eigenvalue weighted by Crippen LogP contribution is 2.57. The van der Waals surface area contributed by atoms with Crippen LogP contribution < -0.4 is 0 Å². The quantitative estimate of drug-likeness (QED) is 0.612. The molecule has 0 aromatic heterocycles. The Bertz CT molecular complexity index is 213. The predicted molar refractivity (Wildman–Crippen MR) is 59.5 cm³/mol. The van der Waals surface area contributed by atoms with E-state index in [1.54, 1.807) is 13.8 Å². The highest BCUT2D eigenvalue weighted by atomic mass is 31.2. The lowest BCUT2D eigenvalue weighted by atomic mass is 10.1. The molecule has 0 spiro atoms. The van der Waals surface area contributed by atoms with E-state index in [1.165, 1.54) is 0 Å². The molecule has 0 fully saturated rings. The smallest absolute Gasteiger partial charge is 0.306 e. The van der Waals surface area contributed by atoms with Crippen LogP contribution in [0.2, 0.25) is 0 Å². The number of hydrogen-bond donors (Lipinski definition) is 0. The summed E-state index contributed by atoms with van der Waals surface area (Å²) in [5.74, 6) is 0.414. The summed E-state index contributed by atoms with van der Waals surface area (Å²) >= 11 is 0. The summed E-state index contributed by atoms with van der Waals surface area (Å²) in [5.41, 5.74) is 0. The van der Waals surface area contributed by atoms with Crippen LogP contribution in [0.5, 0.6) is 0 Å². The van der Waals surface area contributed by atoms with Gasteiger partial charge in [0.1, 0.15) is 0 Å². The minimum absolute atomic E-state index is 0.383. The highest BCUT2D eigenvalue weighted by Gasteiger charge is 2.27. The molecule has 84 valence electrons. The van der Waals surface area contributed by atoms with Gasteiger partial charge in [0.25, 0.3) is 0 Å². The number of rotatable bonds is 7. The van der Waals surface area contributed by atoms with Gasteiger partial charge in [0.15, 0.2) is 0 Å². The van der Waals surface area contributed by atoms with Crippen LogP contribution in [0.15, 0.2) is 11.9 Å². The maximum Gasteiger partial charge on any atom is 0.356 e. The van der Waals surface area contributed by atoms with Crippen molar-refractivity contribution in [1.82, 2.24) is 0 Å². The average Bonchev–Trinajstić information content (AvgIpc) is 2.03. The molecule has 0 N–H and O–H groups in total. The van der Waals surface area contributed by atoms with E-state index in [9.17, 15) is 4.57 Å². The molecule has 0 aromatic rings. The minimum atomic E-state index is -3.06. The van der Waals surface area contributed by atoms with Crippen LogP contribution in [-0.2, 0) is 13.6 Å². The third-order valence-electron chi connectivity index (χ3n) is 1.63. The van der Waals surface area contributed by atoms with Crippen molar-refractivity contribution >= 4 is 7.60 Å². The molecular formula is C10H21O3P. The summed E-state index contributed by atoms with van der Waals surface area (Å²) in [6.45, 7) is 12.3. The molecule has 0 saturated heterocycles. The lowest BCUT2D eigenvalue weighted by molar-refractivity contribution is 0.225. The fourth-order valence-electron chi connectivity index (χ4n) is 1.14. The van der Waals surface area contributed by atoms with Crippen LogP contribution in [-0.4, -0.2) is 13.2 Å². The molecule has 0 aromatic carbocycles. The number of allylic oxidation sites excluding steroid dienone is 1. The highest BCUT2D eigenvalue weighted by molar-refractivity contribution is 7.58. The fraction of sp³-hybridized carbons (Fsp3) is 0.800. The van der Waals surface area contributed by atoms with Crippen LogP contribution in [0.25, 0.3) is 0 Å². The minimum Gasteiger partial charge on any atom is -0.306 e. The van der Waals surface area contributed by atoms with Crippen molar-refractivity contribution < 1.29 is 13.6 Å². The molecule has 0 amide bonds. The molecule has 0 atom stereocenters. The van der Waals surface area contributed by atoms with Gasteiger partial charge in [-0.3, -0.25) is 4.57 Å². The standard InChI is InChI=1S/C10H21O3P/c1-6-12-14(11,13-7-2)10(5)8-9(3)4/h9H,5-8H2,1-4H3. The molecule has 0 aliphatic carbocycles. The summed E-state index contributed by atoms with van der Waals surface area (Å²) in [6.07, 6.45) is 0.678. The van der Waals surface area contributed by atoms with Crippen LogP contribution >= 0.6 is 7.60 Å². The van der Waals surface area contributed by atoms with Gasteiger partial charge >= 0.3 is 7.60 Å². The van der Waals surface area contributed by atoms with Gasteiger partial charge in [0.05, 0.1) is 13.2 Å². The zero-order chi connectivity index (χ0) is 11.2. The predicted octanol–water partition coefficient (Wildman–Crippen LogP) is 3.81. The van der Waals surface area contributed by atoms with E-state index in [4.69, 9.17) is 9.05 Å². The second kappa shape index (κ2) is 6.39. The van der Waals surface area contributed by atoms with E-state index in [2.05, 4.69) is 6.58 Å². The fourth-order valence-corrected chi connectivity index (χ4v) is 2.85. The van der Waals surface area contributed by atoms with Crippen LogP contribution in [0.1, 0.15) is 34.1 Å². The van der Waals surface area contributed by atoms with E-state index < -0.39 is 7.60 Å².